The zero-order valence-corrected chi connectivity index (χ0v) is 17.9. The number of carbonyl (C=O) groups excluding carboxylic acids is 2. The second-order valence-corrected chi connectivity index (χ2v) is 10.2. The summed E-state index contributed by atoms with van der Waals surface area (Å²) in [4.78, 5) is 29.6. The summed E-state index contributed by atoms with van der Waals surface area (Å²) in [5.41, 5.74) is 3.99. The summed E-state index contributed by atoms with van der Waals surface area (Å²) in [5, 5.41) is 11.2. The number of sulfone groups is 1. The van der Waals surface area contributed by atoms with Crippen molar-refractivity contribution in [3.05, 3.63) is 65.2 Å². The molecule has 1 amide bonds. The lowest BCUT2D eigenvalue weighted by molar-refractivity contribution is -0.137. The van der Waals surface area contributed by atoms with Crippen molar-refractivity contribution in [2.24, 2.45) is 11.7 Å². The quantitative estimate of drug-likeness (QED) is 0.486. The van der Waals surface area contributed by atoms with E-state index in [-0.39, 0.29) is 17.2 Å². The summed E-state index contributed by atoms with van der Waals surface area (Å²) < 4.78 is 26.3. The van der Waals surface area contributed by atoms with E-state index in [0.29, 0.717) is 11.1 Å². The predicted molar refractivity (Wildman–Crippen MR) is 116 cm³/mol. The van der Waals surface area contributed by atoms with Crippen LogP contribution in [0, 0.1) is 5.92 Å². The normalized spacial score (nSPS) is 14.9. The number of para-hydroxylation sites is 1. The van der Waals surface area contributed by atoms with E-state index in [1.54, 1.807) is 55.5 Å². The lowest BCUT2D eigenvalue weighted by atomic mass is 9.83. The van der Waals surface area contributed by atoms with Crippen molar-refractivity contribution in [1.82, 2.24) is 4.98 Å². The van der Waals surface area contributed by atoms with Crippen LogP contribution in [0.5, 0.6) is 0 Å². The Morgan fingerprint density at radius 3 is 2.37 bits per heavy atom. The molecule has 1 aromatic heterocycles. The second kappa shape index (κ2) is 8.63. The fraction of sp³-hybridized carbons (Fsp3) is 0.286. The van der Waals surface area contributed by atoms with Gasteiger partial charge in [0.2, 0.25) is 0 Å². The molecule has 3 aromatic rings. The number of benzene rings is 2. The topological polar surface area (TPSA) is 127 Å². The molecule has 2 atom stereocenters. The van der Waals surface area contributed by atoms with Gasteiger partial charge in [0.05, 0.1) is 27.6 Å². The molecule has 0 saturated carbocycles. The van der Waals surface area contributed by atoms with Crippen molar-refractivity contribution in [3.8, 4) is 0 Å². The van der Waals surface area contributed by atoms with Crippen LogP contribution in [0.3, 0.4) is 0 Å². The third-order valence-electron chi connectivity index (χ3n) is 4.90. The first-order chi connectivity index (χ1) is 14.2. The van der Waals surface area contributed by atoms with Gasteiger partial charge in [-0.05, 0) is 24.1 Å². The minimum Gasteiger partial charge on any atom is -0.378 e. The van der Waals surface area contributed by atoms with Crippen molar-refractivity contribution >= 4 is 43.1 Å². The molecule has 9 heteroatoms. The maximum Gasteiger partial charge on any atom is 0.251 e. The molecule has 3 rings (SSSR count). The van der Waals surface area contributed by atoms with Crippen molar-refractivity contribution < 1.29 is 23.1 Å². The monoisotopic (exact) mass is 446 g/mol. The summed E-state index contributed by atoms with van der Waals surface area (Å²) >= 11 is 1.12. The van der Waals surface area contributed by atoms with Gasteiger partial charge in [0.15, 0.2) is 26.2 Å². The van der Waals surface area contributed by atoms with Gasteiger partial charge in [0.1, 0.15) is 0 Å². The van der Waals surface area contributed by atoms with E-state index in [0.717, 1.165) is 16.0 Å². The van der Waals surface area contributed by atoms with E-state index in [1.807, 2.05) is 6.07 Å². The van der Waals surface area contributed by atoms with Gasteiger partial charge in [0, 0.05) is 0 Å². The number of amides is 1. The Kier molecular flexibility index (Phi) is 6.35. The Balaban J connectivity index is 1.93. The lowest BCUT2D eigenvalue weighted by Crippen LogP contribution is -2.57. The number of nitrogens with zero attached hydrogens (tertiary/aromatic N) is 1. The summed E-state index contributed by atoms with van der Waals surface area (Å²) in [5.74, 6) is -4.51. The van der Waals surface area contributed by atoms with Crippen LogP contribution in [0.25, 0.3) is 10.2 Å². The maximum absolute atomic E-state index is 13.1. The molecule has 0 spiro atoms. The van der Waals surface area contributed by atoms with Gasteiger partial charge in [0.25, 0.3) is 5.91 Å². The average molecular weight is 447 g/mol. The molecular formula is C21H22N2O5S2. The van der Waals surface area contributed by atoms with Gasteiger partial charge in [-0.15, -0.1) is 11.3 Å². The molecule has 7 nitrogen and oxygen atoms in total. The van der Waals surface area contributed by atoms with Crippen LogP contribution in [-0.2, 0) is 20.4 Å². The number of thiazole rings is 1. The largest absolute Gasteiger partial charge is 0.378 e. The van der Waals surface area contributed by atoms with Gasteiger partial charge in [-0.3, -0.25) is 9.59 Å². The molecule has 3 N–H and O–H groups in total. The minimum atomic E-state index is -3.95. The number of carbonyl (C=O) groups is 2. The highest BCUT2D eigenvalue weighted by Gasteiger charge is 2.49. The number of hydrogen-bond donors (Lipinski definition) is 2. The van der Waals surface area contributed by atoms with Crippen molar-refractivity contribution in [1.29, 1.82) is 0 Å². The summed E-state index contributed by atoms with van der Waals surface area (Å²) in [6.45, 7) is 1.59. The SMILES string of the molecule is CC[C@@H](C(=O)c1nc2ccccc2s1)C(O)(CS(=O)(=O)Cc1ccccc1)C(N)=O. The molecule has 0 aliphatic carbocycles. The standard InChI is InChI=1S/C21H22N2O5S2/c1-2-15(18(24)19-23-16-10-6-7-11-17(16)29-19)21(26,20(22)25)13-30(27,28)12-14-8-4-3-5-9-14/h3-11,15,26H,2,12-13H2,1H3,(H2,22,25)/t15-,21?/m0/s1. The van der Waals surface area contributed by atoms with E-state index in [1.165, 1.54) is 0 Å². The van der Waals surface area contributed by atoms with E-state index in [4.69, 9.17) is 5.73 Å². The third-order valence-corrected chi connectivity index (χ3v) is 7.61. The van der Waals surface area contributed by atoms with E-state index < -0.39 is 38.8 Å². The Bertz CT molecular complexity index is 1140. The van der Waals surface area contributed by atoms with E-state index in [2.05, 4.69) is 4.98 Å². The van der Waals surface area contributed by atoms with Crippen molar-refractivity contribution in [3.63, 3.8) is 0 Å². The molecule has 0 aliphatic rings. The van der Waals surface area contributed by atoms with Gasteiger partial charge in [-0.1, -0.05) is 49.4 Å². The number of aliphatic hydroxyl groups is 1. The highest BCUT2D eigenvalue weighted by Crippen LogP contribution is 2.31. The Hall–Kier alpha value is -2.62. The summed E-state index contributed by atoms with van der Waals surface area (Å²) in [6, 6.07) is 15.5. The predicted octanol–water partition coefficient (Wildman–Crippen LogP) is 2.34. The van der Waals surface area contributed by atoms with Crippen LogP contribution in [0.15, 0.2) is 54.6 Å². The number of primary amides is 1. The number of ketones is 1. The molecule has 0 bridgehead atoms. The molecule has 0 fully saturated rings. The fourth-order valence-corrected chi connectivity index (χ4v) is 6.20. The van der Waals surface area contributed by atoms with Gasteiger partial charge < -0.3 is 10.8 Å². The summed E-state index contributed by atoms with van der Waals surface area (Å²) in [6.07, 6.45) is 0.0229. The van der Waals surface area contributed by atoms with Crippen LogP contribution < -0.4 is 5.73 Å². The van der Waals surface area contributed by atoms with Crippen LogP contribution in [-0.4, -0.2) is 41.6 Å². The van der Waals surface area contributed by atoms with Crippen LogP contribution in [0.2, 0.25) is 0 Å². The molecule has 2 aromatic carbocycles. The first-order valence-corrected chi connectivity index (χ1v) is 12.0. The van der Waals surface area contributed by atoms with Crippen LogP contribution in [0.4, 0.5) is 0 Å². The molecule has 158 valence electrons. The smallest absolute Gasteiger partial charge is 0.251 e. The minimum absolute atomic E-state index is 0.0229. The van der Waals surface area contributed by atoms with Gasteiger partial charge >= 0.3 is 0 Å². The number of Topliss-reactive ketones (excluding diaryl/α,β-unsaturated/α-hetero) is 1. The lowest BCUT2D eigenvalue weighted by Gasteiger charge is -2.31. The van der Waals surface area contributed by atoms with Gasteiger partial charge in [-0.2, -0.15) is 0 Å². The third kappa shape index (κ3) is 4.58. The fourth-order valence-electron chi connectivity index (χ4n) is 3.42. The second-order valence-electron chi connectivity index (χ2n) is 7.12. The van der Waals surface area contributed by atoms with E-state index in [9.17, 15) is 23.1 Å². The maximum atomic E-state index is 13.1. The molecule has 1 unspecified atom stereocenters. The Morgan fingerprint density at radius 1 is 1.13 bits per heavy atom. The number of hydrogen-bond acceptors (Lipinski definition) is 7. The van der Waals surface area contributed by atoms with Gasteiger partial charge in [-0.25, -0.2) is 13.4 Å². The molecule has 0 aliphatic heterocycles. The molecule has 1 heterocycles. The molecule has 0 saturated heterocycles. The first kappa shape index (κ1) is 22.1. The van der Waals surface area contributed by atoms with Crippen LogP contribution >= 0.6 is 11.3 Å². The molecular weight excluding hydrogens is 424 g/mol. The molecule has 30 heavy (non-hydrogen) atoms. The van der Waals surface area contributed by atoms with Crippen molar-refractivity contribution in [2.75, 3.05) is 5.75 Å². The van der Waals surface area contributed by atoms with Crippen LogP contribution in [0.1, 0.15) is 28.7 Å². The van der Waals surface area contributed by atoms with E-state index >= 15 is 0 Å². The highest BCUT2D eigenvalue weighted by molar-refractivity contribution is 7.90. The Labute approximate surface area is 178 Å². The zero-order chi connectivity index (χ0) is 21.9. The number of nitrogens with two attached hydrogens (primary N) is 1. The average Bonchev–Trinajstić information content (AvgIpc) is 3.12. The Morgan fingerprint density at radius 2 is 1.77 bits per heavy atom. The first-order valence-electron chi connectivity index (χ1n) is 9.32. The highest BCUT2D eigenvalue weighted by atomic mass is 32.2. The number of rotatable bonds is 9. The summed E-state index contributed by atoms with van der Waals surface area (Å²) in [7, 11) is -3.95. The molecule has 0 radical (unpaired) electrons. The zero-order valence-electron chi connectivity index (χ0n) is 16.3. The number of fused-ring (bicyclic) bond motifs is 1. The number of aromatic nitrogens is 1. The van der Waals surface area contributed by atoms with Crippen molar-refractivity contribution in [2.45, 2.75) is 24.7 Å².